The molecule has 1 atom stereocenters. The molecule has 3 N–H and O–H groups in total. The number of carbonyl (C=O) groups excluding carboxylic acids is 1. The Labute approximate surface area is 103 Å². The van der Waals surface area contributed by atoms with Crippen molar-refractivity contribution in [3.8, 4) is 0 Å². The second kappa shape index (κ2) is 6.40. The first kappa shape index (κ1) is 13.7. The average Bonchev–Trinajstić information content (AvgIpc) is 2.29. The molecule has 0 aromatic heterocycles. The van der Waals surface area contributed by atoms with Crippen LogP contribution in [0.5, 0.6) is 0 Å². The second-order valence-electron chi connectivity index (χ2n) is 4.53. The fourth-order valence-electron chi connectivity index (χ4n) is 1.89. The van der Waals surface area contributed by atoms with E-state index in [9.17, 15) is 4.79 Å². The van der Waals surface area contributed by atoms with Gasteiger partial charge >= 0.3 is 0 Å². The van der Waals surface area contributed by atoms with Crippen LogP contribution in [0.1, 0.15) is 30.9 Å². The molecule has 1 aromatic rings. The summed E-state index contributed by atoms with van der Waals surface area (Å²) < 4.78 is 0. The van der Waals surface area contributed by atoms with Gasteiger partial charge in [0, 0.05) is 12.2 Å². The maximum Gasteiger partial charge on any atom is 0.228 e. The first-order chi connectivity index (χ1) is 8.08. The molecule has 0 fully saturated rings. The van der Waals surface area contributed by atoms with Gasteiger partial charge in [0.1, 0.15) is 0 Å². The normalized spacial score (nSPS) is 12.2. The molecular weight excluding hydrogens is 212 g/mol. The zero-order valence-electron chi connectivity index (χ0n) is 10.9. The van der Waals surface area contributed by atoms with Crippen molar-refractivity contribution in [2.45, 2.75) is 33.6 Å². The lowest BCUT2D eigenvalue weighted by Gasteiger charge is -2.15. The van der Waals surface area contributed by atoms with E-state index < -0.39 is 0 Å². The number of anilines is 1. The molecule has 1 rings (SSSR count). The molecule has 0 saturated carbocycles. The summed E-state index contributed by atoms with van der Waals surface area (Å²) in [5.74, 6) is -0.0537. The van der Waals surface area contributed by atoms with Gasteiger partial charge in [-0.05, 0) is 31.9 Å². The molecule has 1 amide bonds. The van der Waals surface area contributed by atoms with Gasteiger partial charge in [-0.2, -0.15) is 0 Å². The van der Waals surface area contributed by atoms with E-state index in [2.05, 4.69) is 18.3 Å². The Morgan fingerprint density at radius 1 is 1.41 bits per heavy atom. The van der Waals surface area contributed by atoms with Crippen molar-refractivity contribution in [1.29, 1.82) is 0 Å². The quantitative estimate of drug-likeness (QED) is 0.822. The number of hydrogen-bond donors (Lipinski definition) is 2. The number of nitrogens with two attached hydrogens (primary N) is 1. The van der Waals surface area contributed by atoms with Crippen LogP contribution in [0.4, 0.5) is 5.69 Å². The van der Waals surface area contributed by atoms with Crippen molar-refractivity contribution in [1.82, 2.24) is 0 Å². The molecule has 3 nitrogen and oxygen atoms in total. The molecule has 17 heavy (non-hydrogen) atoms. The van der Waals surface area contributed by atoms with E-state index in [1.807, 2.05) is 26.0 Å². The number of hydrogen-bond acceptors (Lipinski definition) is 2. The van der Waals surface area contributed by atoms with Gasteiger partial charge in [0.05, 0.1) is 5.92 Å². The number of benzene rings is 1. The molecule has 0 bridgehead atoms. The Bertz CT molecular complexity index is 388. The van der Waals surface area contributed by atoms with Crippen molar-refractivity contribution >= 4 is 11.6 Å². The minimum absolute atomic E-state index is 0.0290. The Hall–Kier alpha value is -1.35. The largest absolute Gasteiger partial charge is 0.330 e. The van der Waals surface area contributed by atoms with E-state index in [0.29, 0.717) is 6.54 Å². The van der Waals surface area contributed by atoms with E-state index >= 15 is 0 Å². The van der Waals surface area contributed by atoms with E-state index in [0.717, 1.165) is 24.1 Å². The number of nitrogens with one attached hydrogen (secondary N) is 1. The summed E-state index contributed by atoms with van der Waals surface area (Å²) in [5, 5.41) is 2.95. The lowest BCUT2D eigenvalue weighted by atomic mass is 10.0. The highest BCUT2D eigenvalue weighted by atomic mass is 16.1. The molecular formula is C14H22N2O. The van der Waals surface area contributed by atoms with Gasteiger partial charge in [-0.1, -0.05) is 31.0 Å². The molecule has 94 valence electrons. The van der Waals surface area contributed by atoms with E-state index in [1.165, 1.54) is 5.56 Å². The minimum atomic E-state index is -0.0827. The number of amides is 1. The van der Waals surface area contributed by atoms with Gasteiger partial charge in [0.25, 0.3) is 0 Å². The van der Waals surface area contributed by atoms with Crippen LogP contribution >= 0.6 is 0 Å². The molecule has 0 aliphatic carbocycles. The highest BCUT2D eigenvalue weighted by molar-refractivity contribution is 5.93. The summed E-state index contributed by atoms with van der Waals surface area (Å²) in [7, 11) is 0. The molecule has 0 aliphatic rings. The minimum Gasteiger partial charge on any atom is -0.330 e. The van der Waals surface area contributed by atoms with Crippen LogP contribution in [0, 0.1) is 19.8 Å². The van der Waals surface area contributed by atoms with Crippen LogP contribution in [0.3, 0.4) is 0 Å². The number of carbonyl (C=O) groups is 1. The Balaban J connectivity index is 2.73. The van der Waals surface area contributed by atoms with Gasteiger partial charge in [-0.15, -0.1) is 0 Å². The highest BCUT2D eigenvalue weighted by Crippen LogP contribution is 2.17. The van der Waals surface area contributed by atoms with E-state index in [1.54, 1.807) is 0 Å². The zero-order valence-corrected chi connectivity index (χ0v) is 10.9. The fraction of sp³-hybridized carbons (Fsp3) is 0.500. The summed E-state index contributed by atoms with van der Waals surface area (Å²) in [6.07, 6.45) is 1.81. The summed E-state index contributed by atoms with van der Waals surface area (Å²) in [6.45, 7) is 6.51. The van der Waals surface area contributed by atoms with Crippen molar-refractivity contribution in [3.05, 3.63) is 29.3 Å². The molecule has 0 heterocycles. The van der Waals surface area contributed by atoms with Crippen LogP contribution in [0.25, 0.3) is 0 Å². The van der Waals surface area contributed by atoms with Crippen molar-refractivity contribution < 1.29 is 4.79 Å². The smallest absolute Gasteiger partial charge is 0.228 e. The monoisotopic (exact) mass is 234 g/mol. The van der Waals surface area contributed by atoms with Gasteiger partial charge in [-0.25, -0.2) is 0 Å². The number of aryl methyl sites for hydroxylation is 2. The topological polar surface area (TPSA) is 55.1 Å². The Morgan fingerprint density at radius 3 is 2.65 bits per heavy atom. The first-order valence-corrected chi connectivity index (χ1v) is 6.16. The molecule has 0 spiro atoms. The van der Waals surface area contributed by atoms with Crippen LogP contribution in [-0.2, 0) is 4.79 Å². The summed E-state index contributed by atoms with van der Waals surface area (Å²) in [5.41, 5.74) is 8.79. The predicted molar refractivity (Wildman–Crippen MR) is 72.0 cm³/mol. The molecule has 0 radical (unpaired) electrons. The van der Waals surface area contributed by atoms with E-state index in [4.69, 9.17) is 5.73 Å². The molecule has 0 saturated heterocycles. The maximum atomic E-state index is 12.0. The van der Waals surface area contributed by atoms with E-state index in [-0.39, 0.29) is 11.8 Å². The second-order valence-corrected chi connectivity index (χ2v) is 4.53. The third-order valence-corrected chi connectivity index (χ3v) is 2.93. The van der Waals surface area contributed by atoms with Gasteiger partial charge in [-0.3, -0.25) is 4.79 Å². The Kier molecular flexibility index (Phi) is 5.16. The first-order valence-electron chi connectivity index (χ1n) is 6.16. The summed E-state index contributed by atoms with van der Waals surface area (Å²) in [4.78, 5) is 12.0. The lowest BCUT2D eigenvalue weighted by Crippen LogP contribution is -2.29. The molecule has 1 aromatic carbocycles. The third kappa shape index (κ3) is 3.86. The van der Waals surface area contributed by atoms with Gasteiger partial charge in [0.2, 0.25) is 5.91 Å². The number of rotatable bonds is 5. The fourth-order valence-corrected chi connectivity index (χ4v) is 1.89. The van der Waals surface area contributed by atoms with Crippen molar-refractivity contribution in [3.63, 3.8) is 0 Å². The van der Waals surface area contributed by atoms with Gasteiger partial charge in [0.15, 0.2) is 0 Å². The summed E-state index contributed by atoms with van der Waals surface area (Å²) in [6, 6.07) is 6.01. The van der Waals surface area contributed by atoms with Crippen molar-refractivity contribution in [2.24, 2.45) is 11.7 Å². The molecule has 0 aliphatic heterocycles. The lowest BCUT2D eigenvalue weighted by molar-refractivity contribution is -0.119. The molecule has 1 unspecified atom stereocenters. The van der Waals surface area contributed by atoms with Crippen LogP contribution < -0.4 is 11.1 Å². The summed E-state index contributed by atoms with van der Waals surface area (Å²) >= 11 is 0. The third-order valence-electron chi connectivity index (χ3n) is 2.93. The zero-order chi connectivity index (χ0) is 12.8. The SMILES string of the molecule is CCCC(CN)C(=O)Nc1ccc(C)cc1C. The van der Waals surface area contributed by atoms with Crippen LogP contribution in [0.2, 0.25) is 0 Å². The average molecular weight is 234 g/mol. The Morgan fingerprint density at radius 2 is 2.12 bits per heavy atom. The van der Waals surface area contributed by atoms with Gasteiger partial charge < -0.3 is 11.1 Å². The predicted octanol–water partition coefficient (Wildman–Crippen LogP) is 2.62. The van der Waals surface area contributed by atoms with Crippen LogP contribution in [0.15, 0.2) is 18.2 Å². The molecule has 3 heteroatoms. The maximum absolute atomic E-state index is 12.0. The highest BCUT2D eigenvalue weighted by Gasteiger charge is 2.16. The van der Waals surface area contributed by atoms with Crippen molar-refractivity contribution in [2.75, 3.05) is 11.9 Å². The standard InChI is InChI=1S/C14H22N2O/c1-4-5-12(9-15)14(17)16-13-7-6-10(2)8-11(13)3/h6-8,12H,4-5,9,15H2,1-3H3,(H,16,17). The van der Waals surface area contributed by atoms with Crippen LogP contribution in [-0.4, -0.2) is 12.5 Å².